The van der Waals surface area contributed by atoms with Gasteiger partial charge in [0.1, 0.15) is 22.5 Å². The van der Waals surface area contributed by atoms with E-state index in [1.165, 1.54) is 12.1 Å². The summed E-state index contributed by atoms with van der Waals surface area (Å²) < 4.78 is 39.2. The lowest BCUT2D eigenvalue weighted by molar-refractivity contribution is -0.139. The fraction of sp³-hybridized carbons (Fsp3) is 0.0625. The SMILES string of the molecule is N#Cc1cc(-c2ccc(C(=O)O)c(O)c2)c2n[nH]c(C(F)(F)F)c2c1. The lowest BCUT2D eigenvalue weighted by Crippen LogP contribution is -2.05. The molecule has 0 bridgehead atoms. The van der Waals surface area contributed by atoms with E-state index in [1.54, 1.807) is 6.07 Å². The highest BCUT2D eigenvalue weighted by Gasteiger charge is 2.35. The third-order valence-electron chi connectivity index (χ3n) is 3.61. The van der Waals surface area contributed by atoms with Gasteiger partial charge in [0.05, 0.1) is 11.6 Å². The molecule has 0 spiro atoms. The molecule has 0 saturated carbocycles. The zero-order valence-corrected chi connectivity index (χ0v) is 12.2. The number of hydrogen-bond donors (Lipinski definition) is 3. The van der Waals surface area contributed by atoms with Crippen LogP contribution in [0.1, 0.15) is 21.6 Å². The Balaban J connectivity index is 2.30. The molecule has 9 heteroatoms. The average Bonchev–Trinajstić information content (AvgIpc) is 2.97. The minimum absolute atomic E-state index is 0.0313. The molecule has 0 unspecified atom stereocenters. The number of aromatic amines is 1. The Kier molecular flexibility index (Phi) is 3.60. The maximum Gasteiger partial charge on any atom is 0.433 e. The Hall–Kier alpha value is -3.54. The fourth-order valence-corrected chi connectivity index (χ4v) is 2.50. The van der Waals surface area contributed by atoms with Crippen molar-refractivity contribution in [3.63, 3.8) is 0 Å². The molecular formula is C16H8F3N3O3. The smallest absolute Gasteiger partial charge is 0.433 e. The summed E-state index contributed by atoms with van der Waals surface area (Å²) >= 11 is 0. The van der Waals surface area contributed by atoms with Crippen LogP contribution in [0.25, 0.3) is 22.0 Å². The van der Waals surface area contributed by atoms with Crippen molar-refractivity contribution in [2.45, 2.75) is 6.18 Å². The molecule has 0 amide bonds. The van der Waals surface area contributed by atoms with Crippen molar-refractivity contribution < 1.29 is 28.2 Å². The van der Waals surface area contributed by atoms with Crippen molar-refractivity contribution in [1.29, 1.82) is 5.26 Å². The molecule has 1 heterocycles. The van der Waals surface area contributed by atoms with E-state index in [0.717, 1.165) is 18.2 Å². The molecule has 0 aliphatic carbocycles. The van der Waals surface area contributed by atoms with Gasteiger partial charge in [-0.1, -0.05) is 6.07 Å². The highest BCUT2D eigenvalue weighted by molar-refractivity contribution is 5.98. The van der Waals surface area contributed by atoms with Gasteiger partial charge in [0.15, 0.2) is 0 Å². The number of carboxylic acid groups (broad SMARTS) is 1. The Morgan fingerprint density at radius 3 is 2.52 bits per heavy atom. The van der Waals surface area contributed by atoms with Crippen LogP contribution >= 0.6 is 0 Å². The number of carbonyl (C=O) groups is 1. The number of alkyl halides is 3. The number of nitrogens with zero attached hydrogens (tertiary/aromatic N) is 2. The van der Waals surface area contributed by atoms with Gasteiger partial charge in [0, 0.05) is 10.9 Å². The molecule has 0 aliphatic heterocycles. The number of nitrogens with one attached hydrogen (secondary N) is 1. The molecule has 0 aliphatic rings. The van der Waals surface area contributed by atoms with Crippen molar-refractivity contribution in [2.24, 2.45) is 0 Å². The molecule has 0 fully saturated rings. The lowest BCUT2D eigenvalue weighted by atomic mass is 9.98. The van der Waals surface area contributed by atoms with Crippen LogP contribution < -0.4 is 0 Å². The maximum atomic E-state index is 13.1. The molecule has 6 nitrogen and oxygen atoms in total. The van der Waals surface area contributed by atoms with Crippen LogP contribution in [0.2, 0.25) is 0 Å². The number of fused-ring (bicyclic) bond motifs is 1. The number of hydrogen-bond acceptors (Lipinski definition) is 4. The Bertz CT molecular complexity index is 1050. The number of halogens is 3. The van der Waals surface area contributed by atoms with Crippen LogP contribution in [0.3, 0.4) is 0 Å². The summed E-state index contributed by atoms with van der Waals surface area (Å²) in [6.45, 7) is 0. The number of carboxylic acids is 1. The van der Waals surface area contributed by atoms with E-state index in [4.69, 9.17) is 10.4 Å². The van der Waals surface area contributed by atoms with Crippen LogP contribution in [-0.2, 0) is 6.18 Å². The van der Waals surface area contributed by atoms with Gasteiger partial charge in [-0.2, -0.15) is 23.5 Å². The summed E-state index contributed by atoms with van der Waals surface area (Å²) in [5.41, 5.74) is -1.13. The normalized spacial score (nSPS) is 11.4. The zero-order chi connectivity index (χ0) is 18.4. The van der Waals surface area contributed by atoms with Crippen LogP contribution in [0, 0.1) is 11.3 Å². The van der Waals surface area contributed by atoms with Crippen LogP contribution in [0.15, 0.2) is 30.3 Å². The maximum absolute atomic E-state index is 13.1. The number of rotatable bonds is 2. The van der Waals surface area contributed by atoms with Gasteiger partial charge in [-0.15, -0.1) is 0 Å². The van der Waals surface area contributed by atoms with Crippen molar-refractivity contribution in [1.82, 2.24) is 10.2 Å². The van der Waals surface area contributed by atoms with E-state index in [-0.39, 0.29) is 33.2 Å². The first-order valence-electron chi connectivity index (χ1n) is 6.78. The second kappa shape index (κ2) is 5.52. The summed E-state index contributed by atoms with van der Waals surface area (Å²) in [6.07, 6.45) is -4.69. The number of aromatic hydroxyl groups is 1. The molecule has 3 N–H and O–H groups in total. The summed E-state index contributed by atoms with van der Waals surface area (Å²) in [5, 5.41) is 33.1. The number of benzene rings is 2. The minimum Gasteiger partial charge on any atom is -0.507 e. The molecule has 0 atom stereocenters. The quantitative estimate of drug-likeness (QED) is 0.657. The Labute approximate surface area is 137 Å². The van der Waals surface area contributed by atoms with Gasteiger partial charge in [0.25, 0.3) is 0 Å². The van der Waals surface area contributed by atoms with Gasteiger partial charge in [-0.3, -0.25) is 5.10 Å². The molecule has 2 aromatic carbocycles. The summed E-state index contributed by atoms with van der Waals surface area (Å²) in [6, 6.07) is 7.70. The zero-order valence-electron chi connectivity index (χ0n) is 12.2. The molecule has 0 radical (unpaired) electrons. The molecule has 126 valence electrons. The fourth-order valence-electron chi connectivity index (χ4n) is 2.50. The minimum atomic E-state index is -4.69. The molecule has 0 saturated heterocycles. The predicted molar refractivity (Wildman–Crippen MR) is 79.9 cm³/mol. The van der Waals surface area contributed by atoms with Crippen molar-refractivity contribution >= 4 is 16.9 Å². The van der Waals surface area contributed by atoms with E-state index < -0.39 is 23.6 Å². The molecule has 1 aromatic heterocycles. The third kappa shape index (κ3) is 2.74. The van der Waals surface area contributed by atoms with Crippen molar-refractivity contribution in [3.8, 4) is 22.9 Å². The number of aromatic nitrogens is 2. The molecule has 3 rings (SSSR count). The molecule has 3 aromatic rings. The second-order valence-electron chi connectivity index (χ2n) is 5.17. The number of phenols is 1. The summed E-state index contributed by atoms with van der Waals surface area (Å²) in [4.78, 5) is 11.0. The summed E-state index contributed by atoms with van der Waals surface area (Å²) in [7, 11) is 0. The molecule has 25 heavy (non-hydrogen) atoms. The first-order chi connectivity index (χ1) is 11.7. The van der Waals surface area contributed by atoms with E-state index in [2.05, 4.69) is 5.10 Å². The summed E-state index contributed by atoms with van der Waals surface area (Å²) in [5.74, 6) is -1.90. The topological polar surface area (TPSA) is 110 Å². The van der Waals surface area contributed by atoms with Crippen LogP contribution in [0.5, 0.6) is 5.75 Å². The highest BCUT2D eigenvalue weighted by atomic mass is 19.4. The highest BCUT2D eigenvalue weighted by Crippen LogP contribution is 2.38. The number of nitriles is 1. The Morgan fingerprint density at radius 2 is 1.96 bits per heavy atom. The standard InChI is InChI=1S/C16H8F3N3O3/c17-16(18,19)14-11-4-7(6-20)3-10(13(11)21-22-14)8-1-2-9(15(24)25)12(23)5-8/h1-5,23H,(H,21,22)(H,24,25). The Morgan fingerprint density at radius 1 is 1.24 bits per heavy atom. The van der Waals surface area contributed by atoms with E-state index in [1.807, 2.05) is 5.10 Å². The van der Waals surface area contributed by atoms with Crippen molar-refractivity contribution in [3.05, 3.63) is 47.2 Å². The second-order valence-corrected chi connectivity index (χ2v) is 5.17. The third-order valence-corrected chi connectivity index (χ3v) is 3.61. The van der Waals surface area contributed by atoms with Gasteiger partial charge in [0.2, 0.25) is 0 Å². The first-order valence-corrected chi connectivity index (χ1v) is 6.78. The number of H-pyrrole nitrogens is 1. The van der Waals surface area contributed by atoms with Gasteiger partial charge >= 0.3 is 12.1 Å². The van der Waals surface area contributed by atoms with Crippen molar-refractivity contribution in [2.75, 3.05) is 0 Å². The van der Waals surface area contributed by atoms with Crippen LogP contribution in [0.4, 0.5) is 13.2 Å². The van der Waals surface area contributed by atoms with Gasteiger partial charge in [-0.05, 0) is 29.8 Å². The first kappa shape index (κ1) is 16.3. The predicted octanol–water partition coefficient (Wildman–Crippen LogP) is 3.52. The number of aromatic carboxylic acids is 1. The van der Waals surface area contributed by atoms with Crippen LogP contribution in [-0.4, -0.2) is 26.4 Å². The monoisotopic (exact) mass is 347 g/mol. The van der Waals surface area contributed by atoms with E-state index in [9.17, 15) is 23.1 Å². The lowest BCUT2D eigenvalue weighted by Gasteiger charge is -2.08. The largest absolute Gasteiger partial charge is 0.507 e. The molecular weight excluding hydrogens is 339 g/mol. The van der Waals surface area contributed by atoms with E-state index >= 15 is 0 Å². The average molecular weight is 347 g/mol. The van der Waals surface area contributed by atoms with E-state index in [0.29, 0.717) is 0 Å². The van der Waals surface area contributed by atoms with Gasteiger partial charge < -0.3 is 10.2 Å². The van der Waals surface area contributed by atoms with Gasteiger partial charge in [-0.25, -0.2) is 4.79 Å².